The summed E-state index contributed by atoms with van der Waals surface area (Å²) in [7, 11) is 0. The van der Waals surface area contributed by atoms with E-state index < -0.39 is 0 Å². The largest absolute Gasteiger partial charge is 0.373 e. The van der Waals surface area contributed by atoms with E-state index in [0.29, 0.717) is 18.8 Å². The second-order valence-corrected chi connectivity index (χ2v) is 6.71. The predicted molar refractivity (Wildman–Crippen MR) is 89.0 cm³/mol. The molecule has 2 heterocycles. The van der Waals surface area contributed by atoms with Gasteiger partial charge < -0.3 is 15.0 Å². The zero-order valence-corrected chi connectivity index (χ0v) is 14.1. The lowest BCUT2D eigenvalue weighted by atomic mass is 9.93. The van der Waals surface area contributed by atoms with Gasteiger partial charge >= 0.3 is 6.03 Å². The van der Waals surface area contributed by atoms with Crippen LogP contribution in [0.25, 0.3) is 0 Å². The lowest BCUT2D eigenvalue weighted by Crippen LogP contribution is -2.47. The van der Waals surface area contributed by atoms with Crippen molar-refractivity contribution in [2.45, 2.75) is 45.3 Å². The second kappa shape index (κ2) is 8.53. The number of piperidine rings is 1. The van der Waals surface area contributed by atoms with Crippen LogP contribution in [0.4, 0.5) is 4.79 Å². The number of rotatable bonds is 5. The number of ether oxygens (including phenoxy) is 1. The third kappa shape index (κ3) is 5.29. The van der Waals surface area contributed by atoms with Crippen LogP contribution < -0.4 is 5.32 Å². The summed E-state index contributed by atoms with van der Waals surface area (Å²) in [6, 6.07) is 0.0502. The monoisotopic (exact) mass is 309 g/mol. The summed E-state index contributed by atoms with van der Waals surface area (Å²) < 4.78 is 5.78. The Bertz CT molecular complexity index is 357. The Kier molecular flexibility index (Phi) is 6.70. The minimum Gasteiger partial charge on any atom is -0.373 e. The molecule has 0 bridgehead atoms. The lowest BCUT2D eigenvalue weighted by Gasteiger charge is -2.37. The van der Waals surface area contributed by atoms with Crippen LogP contribution in [0.15, 0.2) is 12.7 Å². The van der Waals surface area contributed by atoms with Gasteiger partial charge in [0, 0.05) is 32.7 Å². The van der Waals surface area contributed by atoms with Gasteiger partial charge in [-0.25, -0.2) is 4.79 Å². The molecular weight excluding hydrogens is 278 g/mol. The summed E-state index contributed by atoms with van der Waals surface area (Å²) in [5.74, 6) is 0.747. The number of likely N-dealkylation sites (tertiary alicyclic amines) is 1. The van der Waals surface area contributed by atoms with Crippen molar-refractivity contribution in [3.05, 3.63) is 12.7 Å². The van der Waals surface area contributed by atoms with E-state index in [-0.39, 0.29) is 6.03 Å². The predicted octanol–water partition coefficient (Wildman–Crippen LogP) is 2.09. The highest BCUT2D eigenvalue weighted by Crippen LogP contribution is 2.22. The first-order chi connectivity index (χ1) is 10.6. The molecule has 2 rings (SSSR count). The number of hydrogen-bond donors (Lipinski definition) is 1. The van der Waals surface area contributed by atoms with Crippen molar-refractivity contribution in [3.8, 4) is 0 Å². The summed E-state index contributed by atoms with van der Waals surface area (Å²) in [5, 5.41) is 2.86. The fourth-order valence-electron chi connectivity index (χ4n) is 3.53. The Labute approximate surface area is 134 Å². The Balaban J connectivity index is 1.65. The SMILES string of the molecule is C=CCNC(=O)N1CCC(CCN2C[C@@H](C)O[C@H](C)C2)CC1. The third-order valence-corrected chi connectivity index (χ3v) is 4.65. The molecule has 126 valence electrons. The number of amides is 2. The van der Waals surface area contributed by atoms with Crippen LogP contribution in [0.1, 0.15) is 33.1 Å². The van der Waals surface area contributed by atoms with E-state index in [1.165, 1.54) is 6.42 Å². The Morgan fingerprint density at radius 3 is 2.50 bits per heavy atom. The number of nitrogens with one attached hydrogen (secondary N) is 1. The van der Waals surface area contributed by atoms with Crippen molar-refractivity contribution in [3.63, 3.8) is 0 Å². The number of carbonyl (C=O) groups is 1. The number of hydrogen-bond acceptors (Lipinski definition) is 3. The van der Waals surface area contributed by atoms with E-state index in [1.807, 2.05) is 4.90 Å². The maximum Gasteiger partial charge on any atom is 0.317 e. The molecule has 0 aromatic heterocycles. The first-order valence-electron chi connectivity index (χ1n) is 8.60. The van der Waals surface area contributed by atoms with Crippen LogP contribution in [0.5, 0.6) is 0 Å². The minimum atomic E-state index is 0.0502. The molecule has 0 aromatic carbocycles. The fourth-order valence-corrected chi connectivity index (χ4v) is 3.53. The normalized spacial score (nSPS) is 27.6. The third-order valence-electron chi connectivity index (χ3n) is 4.65. The van der Waals surface area contributed by atoms with Gasteiger partial charge in [0.1, 0.15) is 0 Å². The molecule has 0 spiro atoms. The van der Waals surface area contributed by atoms with E-state index in [2.05, 4.69) is 30.6 Å². The van der Waals surface area contributed by atoms with Crippen LogP contribution >= 0.6 is 0 Å². The molecule has 0 aliphatic carbocycles. The molecule has 2 aliphatic rings. The fraction of sp³-hybridized carbons (Fsp3) is 0.824. The highest BCUT2D eigenvalue weighted by Gasteiger charge is 2.25. The molecule has 0 radical (unpaired) electrons. The van der Waals surface area contributed by atoms with Crippen molar-refractivity contribution in [2.75, 3.05) is 39.3 Å². The Morgan fingerprint density at radius 1 is 1.27 bits per heavy atom. The average molecular weight is 309 g/mol. The second-order valence-electron chi connectivity index (χ2n) is 6.71. The maximum absolute atomic E-state index is 11.9. The van der Waals surface area contributed by atoms with Gasteiger partial charge in [0.05, 0.1) is 12.2 Å². The van der Waals surface area contributed by atoms with Gasteiger partial charge in [0.25, 0.3) is 0 Å². The molecule has 0 unspecified atom stereocenters. The molecule has 2 saturated heterocycles. The molecule has 22 heavy (non-hydrogen) atoms. The van der Waals surface area contributed by atoms with Crippen molar-refractivity contribution in [1.29, 1.82) is 0 Å². The molecule has 2 amide bonds. The summed E-state index contributed by atoms with van der Waals surface area (Å²) in [4.78, 5) is 16.3. The van der Waals surface area contributed by atoms with E-state index in [0.717, 1.165) is 51.5 Å². The van der Waals surface area contributed by atoms with E-state index in [1.54, 1.807) is 6.08 Å². The highest BCUT2D eigenvalue weighted by atomic mass is 16.5. The summed E-state index contributed by atoms with van der Waals surface area (Å²) in [6.45, 7) is 13.5. The van der Waals surface area contributed by atoms with Gasteiger partial charge in [0.15, 0.2) is 0 Å². The zero-order valence-electron chi connectivity index (χ0n) is 14.1. The van der Waals surface area contributed by atoms with Gasteiger partial charge in [-0.2, -0.15) is 0 Å². The Morgan fingerprint density at radius 2 is 1.91 bits per heavy atom. The Hall–Kier alpha value is -1.07. The van der Waals surface area contributed by atoms with Crippen molar-refractivity contribution < 1.29 is 9.53 Å². The van der Waals surface area contributed by atoms with Crippen molar-refractivity contribution in [2.24, 2.45) is 5.92 Å². The average Bonchev–Trinajstić information content (AvgIpc) is 2.50. The number of urea groups is 1. The highest BCUT2D eigenvalue weighted by molar-refractivity contribution is 5.74. The first-order valence-corrected chi connectivity index (χ1v) is 8.60. The molecule has 5 heteroatoms. The molecule has 1 N–H and O–H groups in total. The molecule has 2 aliphatic heterocycles. The molecule has 2 atom stereocenters. The maximum atomic E-state index is 11.9. The minimum absolute atomic E-state index is 0.0502. The molecule has 2 fully saturated rings. The van der Waals surface area contributed by atoms with Crippen molar-refractivity contribution >= 4 is 6.03 Å². The molecule has 0 saturated carbocycles. The molecule has 0 aromatic rings. The number of nitrogens with zero attached hydrogens (tertiary/aromatic N) is 2. The molecular formula is C17H31N3O2. The van der Waals surface area contributed by atoms with E-state index in [4.69, 9.17) is 4.74 Å². The van der Waals surface area contributed by atoms with Crippen LogP contribution in [0.3, 0.4) is 0 Å². The van der Waals surface area contributed by atoms with E-state index in [9.17, 15) is 4.79 Å². The summed E-state index contributed by atoms with van der Waals surface area (Å²) in [6.07, 6.45) is 5.89. The summed E-state index contributed by atoms with van der Waals surface area (Å²) >= 11 is 0. The molecule has 5 nitrogen and oxygen atoms in total. The number of carbonyl (C=O) groups excluding carboxylic acids is 1. The zero-order chi connectivity index (χ0) is 15.9. The lowest BCUT2D eigenvalue weighted by molar-refractivity contribution is -0.0692. The van der Waals surface area contributed by atoms with Crippen LogP contribution in [0.2, 0.25) is 0 Å². The van der Waals surface area contributed by atoms with E-state index >= 15 is 0 Å². The van der Waals surface area contributed by atoms with Gasteiger partial charge in [-0.1, -0.05) is 6.08 Å². The standard InChI is InChI=1S/C17H31N3O2/c1-4-8-18-17(21)20-10-6-16(7-11-20)5-9-19-12-14(2)22-15(3)13-19/h4,14-16H,1,5-13H2,2-3H3,(H,18,21)/t14-,15-/m1/s1. The van der Waals surface area contributed by atoms with Gasteiger partial charge in [-0.15, -0.1) is 6.58 Å². The topological polar surface area (TPSA) is 44.8 Å². The van der Waals surface area contributed by atoms with Crippen LogP contribution in [-0.4, -0.2) is 67.3 Å². The van der Waals surface area contributed by atoms with Crippen LogP contribution in [-0.2, 0) is 4.74 Å². The summed E-state index contributed by atoms with van der Waals surface area (Å²) in [5.41, 5.74) is 0. The van der Waals surface area contributed by atoms with Crippen LogP contribution in [0, 0.1) is 5.92 Å². The van der Waals surface area contributed by atoms with Gasteiger partial charge in [-0.05, 0) is 45.6 Å². The smallest absolute Gasteiger partial charge is 0.317 e. The first kappa shape index (κ1) is 17.3. The van der Waals surface area contributed by atoms with Gasteiger partial charge in [-0.3, -0.25) is 4.90 Å². The van der Waals surface area contributed by atoms with Crippen molar-refractivity contribution in [1.82, 2.24) is 15.1 Å². The van der Waals surface area contributed by atoms with Gasteiger partial charge in [0.2, 0.25) is 0 Å². The quantitative estimate of drug-likeness (QED) is 0.791. The number of morpholine rings is 1.